The van der Waals surface area contributed by atoms with E-state index in [1.165, 1.54) is 31.4 Å². The average molecular weight is 405 g/mol. The Morgan fingerprint density at radius 1 is 1.22 bits per heavy atom. The topological polar surface area (TPSA) is 89.8 Å². The molecule has 0 N–H and O–H groups in total. The van der Waals surface area contributed by atoms with Crippen molar-refractivity contribution in [2.24, 2.45) is 0 Å². The van der Waals surface area contributed by atoms with Crippen molar-refractivity contribution in [3.8, 4) is 5.75 Å². The van der Waals surface area contributed by atoms with Gasteiger partial charge in [0.1, 0.15) is 5.75 Å². The number of ether oxygens (including phenoxy) is 1. The molecule has 0 bridgehead atoms. The van der Waals surface area contributed by atoms with Crippen LogP contribution in [0.4, 0.5) is 10.5 Å². The molecule has 138 valence electrons. The highest BCUT2D eigenvalue weighted by Crippen LogP contribution is 2.34. The van der Waals surface area contributed by atoms with Crippen LogP contribution in [0.25, 0.3) is 6.08 Å². The lowest BCUT2D eigenvalue weighted by molar-refractivity contribution is -0.384. The number of nitro groups is 1. The summed E-state index contributed by atoms with van der Waals surface area (Å²) < 4.78 is 5.09. The molecule has 9 heteroatoms. The third kappa shape index (κ3) is 4.12. The summed E-state index contributed by atoms with van der Waals surface area (Å²) in [6.07, 6.45) is 1.59. The van der Waals surface area contributed by atoms with Crippen molar-refractivity contribution < 1.29 is 19.2 Å². The lowest BCUT2D eigenvalue weighted by atomic mass is 10.2. The summed E-state index contributed by atoms with van der Waals surface area (Å²) in [5.74, 6) is 0.0929. The zero-order valence-corrected chi connectivity index (χ0v) is 15.6. The summed E-state index contributed by atoms with van der Waals surface area (Å²) in [4.78, 5) is 36.3. The highest BCUT2D eigenvalue weighted by molar-refractivity contribution is 8.18. The molecular weight excluding hydrogens is 392 g/mol. The maximum Gasteiger partial charge on any atom is 0.293 e. The van der Waals surface area contributed by atoms with Crippen LogP contribution >= 0.6 is 23.4 Å². The molecule has 1 saturated heterocycles. The van der Waals surface area contributed by atoms with E-state index < -0.39 is 16.1 Å². The van der Waals surface area contributed by atoms with E-state index in [9.17, 15) is 19.7 Å². The van der Waals surface area contributed by atoms with E-state index in [1.54, 1.807) is 24.3 Å². The van der Waals surface area contributed by atoms with Crippen LogP contribution < -0.4 is 4.74 Å². The van der Waals surface area contributed by atoms with E-state index in [4.69, 9.17) is 16.3 Å². The number of carbonyl (C=O) groups is 2. The number of rotatable bonds is 5. The highest BCUT2D eigenvalue weighted by Gasteiger charge is 2.35. The maximum atomic E-state index is 12.6. The van der Waals surface area contributed by atoms with Crippen molar-refractivity contribution in [2.45, 2.75) is 6.54 Å². The molecule has 7 nitrogen and oxygen atoms in total. The molecule has 27 heavy (non-hydrogen) atoms. The van der Waals surface area contributed by atoms with Crippen LogP contribution in [-0.4, -0.2) is 28.1 Å². The largest absolute Gasteiger partial charge is 0.495 e. The van der Waals surface area contributed by atoms with Crippen molar-refractivity contribution in [2.75, 3.05) is 7.11 Å². The standard InChI is InChI=1S/C18H13ClN2O5S/c1-26-15-7-4-12(8-14(15)19)9-16-17(22)20(18(23)27-16)10-11-2-5-13(6-3-11)21(24)25/h2-9H,10H2,1H3/b16-9-. The zero-order chi connectivity index (χ0) is 19.6. The van der Waals surface area contributed by atoms with Gasteiger partial charge in [-0.3, -0.25) is 24.6 Å². The van der Waals surface area contributed by atoms with E-state index in [0.717, 1.165) is 16.7 Å². The SMILES string of the molecule is COc1ccc(/C=C2\SC(=O)N(Cc3ccc([N+](=O)[O-])cc3)C2=O)cc1Cl. The van der Waals surface area contributed by atoms with Gasteiger partial charge in [-0.2, -0.15) is 0 Å². The van der Waals surface area contributed by atoms with Gasteiger partial charge in [0.05, 0.1) is 28.5 Å². The first-order valence-electron chi connectivity index (χ1n) is 7.71. The molecule has 2 aromatic carbocycles. The number of hydrogen-bond donors (Lipinski definition) is 0. The average Bonchev–Trinajstić information content (AvgIpc) is 2.90. The van der Waals surface area contributed by atoms with Crippen LogP contribution in [-0.2, 0) is 11.3 Å². The van der Waals surface area contributed by atoms with Crippen LogP contribution in [0.5, 0.6) is 5.75 Å². The summed E-state index contributed by atoms with van der Waals surface area (Å²) in [6, 6.07) is 10.8. The van der Waals surface area contributed by atoms with E-state index in [-0.39, 0.29) is 17.1 Å². The van der Waals surface area contributed by atoms with Gasteiger partial charge < -0.3 is 4.74 Å². The lowest BCUT2D eigenvalue weighted by Crippen LogP contribution is -2.27. The Labute approximate surface area is 163 Å². The number of halogens is 1. The van der Waals surface area contributed by atoms with E-state index >= 15 is 0 Å². The van der Waals surface area contributed by atoms with Gasteiger partial charge in [0.2, 0.25) is 0 Å². The first-order valence-corrected chi connectivity index (χ1v) is 8.90. The van der Waals surface area contributed by atoms with E-state index in [2.05, 4.69) is 0 Å². The molecule has 0 radical (unpaired) electrons. The molecule has 1 aliphatic rings. The van der Waals surface area contributed by atoms with Gasteiger partial charge in [-0.25, -0.2) is 0 Å². The number of hydrogen-bond acceptors (Lipinski definition) is 6. The monoisotopic (exact) mass is 404 g/mol. The number of methoxy groups -OCH3 is 1. The maximum absolute atomic E-state index is 12.6. The number of benzene rings is 2. The van der Waals surface area contributed by atoms with E-state index in [0.29, 0.717) is 21.9 Å². The van der Waals surface area contributed by atoms with Gasteiger partial charge in [-0.1, -0.05) is 29.8 Å². The molecule has 0 atom stereocenters. The fourth-order valence-electron chi connectivity index (χ4n) is 2.47. The number of non-ortho nitro benzene ring substituents is 1. The van der Waals surface area contributed by atoms with Crippen LogP contribution in [0.15, 0.2) is 47.4 Å². The lowest BCUT2D eigenvalue weighted by Gasteiger charge is -2.12. The smallest absolute Gasteiger partial charge is 0.293 e. The molecule has 1 heterocycles. The predicted octanol–water partition coefficient (Wildman–Crippen LogP) is 4.49. The normalized spacial score (nSPS) is 15.5. The third-order valence-electron chi connectivity index (χ3n) is 3.84. The second-order valence-electron chi connectivity index (χ2n) is 5.59. The summed E-state index contributed by atoms with van der Waals surface area (Å²) in [5.41, 5.74) is 1.24. The fraction of sp³-hybridized carbons (Fsp3) is 0.111. The predicted molar refractivity (Wildman–Crippen MR) is 103 cm³/mol. The minimum atomic E-state index is -0.507. The van der Waals surface area contributed by atoms with Crippen LogP contribution in [0, 0.1) is 10.1 Å². The van der Waals surface area contributed by atoms with Crippen LogP contribution in [0.1, 0.15) is 11.1 Å². The summed E-state index contributed by atoms with van der Waals surface area (Å²) in [7, 11) is 1.50. The van der Waals surface area contributed by atoms with Gasteiger partial charge >= 0.3 is 0 Å². The third-order valence-corrected chi connectivity index (χ3v) is 5.04. The number of carbonyl (C=O) groups excluding carboxylic acids is 2. The highest BCUT2D eigenvalue weighted by atomic mass is 35.5. The van der Waals surface area contributed by atoms with E-state index in [1.807, 2.05) is 0 Å². The molecule has 1 fully saturated rings. The second kappa shape index (κ2) is 7.81. The number of nitrogens with zero attached hydrogens (tertiary/aromatic N) is 2. The quantitative estimate of drug-likeness (QED) is 0.414. The first-order chi connectivity index (χ1) is 12.9. The Balaban J connectivity index is 1.78. The molecule has 0 aliphatic carbocycles. The van der Waals surface area contributed by atoms with Gasteiger partial charge in [0.15, 0.2) is 0 Å². The van der Waals surface area contributed by atoms with Crippen molar-refractivity contribution in [1.82, 2.24) is 4.90 Å². The van der Waals surface area contributed by atoms with Crippen molar-refractivity contribution in [3.05, 3.63) is 73.6 Å². The molecule has 0 saturated carbocycles. The van der Waals surface area contributed by atoms with Gasteiger partial charge in [-0.15, -0.1) is 0 Å². The molecule has 3 rings (SSSR count). The molecular formula is C18H13ClN2O5S. The van der Waals surface area contributed by atoms with Crippen LogP contribution in [0.3, 0.4) is 0 Å². The summed E-state index contributed by atoms with van der Waals surface area (Å²) in [5, 5.41) is 10.7. The van der Waals surface area contributed by atoms with Crippen LogP contribution in [0.2, 0.25) is 5.02 Å². The molecule has 2 amide bonds. The minimum absolute atomic E-state index is 0.0450. The van der Waals surface area contributed by atoms with Gasteiger partial charge in [-0.05, 0) is 41.1 Å². The van der Waals surface area contributed by atoms with Gasteiger partial charge in [0.25, 0.3) is 16.8 Å². The molecule has 1 aliphatic heterocycles. The number of imide groups is 1. The fourth-order valence-corrected chi connectivity index (χ4v) is 3.57. The first kappa shape index (κ1) is 18.9. The number of nitro benzene ring substituents is 1. The summed E-state index contributed by atoms with van der Waals surface area (Å²) in [6.45, 7) is 0.0450. The Morgan fingerprint density at radius 3 is 2.52 bits per heavy atom. The van der Waals surface area contributed by atoms with Gasteiger partial charge in [0, 0.05) is 12.1 Å². The Bertz CT molecular complexity index is 959. The molecule has 2 aromatic rings. The zero-order valence-electron chi connectivity index (χ0n) is 14.0. The van der Waals surface area contributed by atoms with Crippen molar-refractivity contribution in [3.63, 3.8) is 0 Å². The minimum Gasteiger partial charge on any atom is -0.495 e. The Hall–Kier alpha value is -2.84. The molecule has 0 spiro atoms. The Kier molecular flexibility index (Phi) is 5.48. The van der Waals surface area contributed by atoms with Crippen molar-refractivity contribution >= 4 is 46.3 Å². The number of amides is 2. The summed E-state index contributed by atoms with van der Waals surface area (Å²) >= 11 is 6.92. The van der Waals surface area contributed by atoms with Crippen molar-refractivity contribution in [1.29, 1.82) is 0 Å². The second-order valence-corrected chi connectivity index (χ2v) is 6.99. The molecule has 0 aromatic heterocycles. The molecule has 0 unspecified atom stereocenters. The Morgan fingerprint density at radius 2 is 1.93 bits per heavy atom. The number of thioether (sulfide) groups is 1.